The molecule has 2 saturated carbocycles. The average Bonchev–Trinajstić information content (AvgIpc) is 3.17. The highest BCUT2D eigenvalue weighted by molar-refractivity contribution is 7.91. The number of sulfone groups is 1. The van der Waals surface area contributed by atoms with Crippen LogP contribution in [-0.4, -0.2) is 63.2 Å². The van der Waals surface area contributed by atoms with Crippen molar-refractivity contribution in [2.45, 2.75) is 55.9 Å². The SMILES string of the molecule is COCCN(C(C)C1CC1)C1(CN)CCCC1S(C)(=O)=O. The Morgan fingerprint density at radius 2 is 2.05 bits per heavy atom. The van der Waals surface area contributed by atoms with E-state index >= 15 is 0 Å². The normalized spacial score (nSPS) is 31.8. The highest BCUT2D eigenvalue weighted by atomic mass is 32.2. The number of nitrogens with zero attached hydrogens (tertiary/aromatic N) is 1. The molecule has 0 aliphatic heterocycles. The number of nitrogens with two attached hydrogens (primary N) is 1. The number of hydrogen-bond donors (Lipinski definition) is 1. The Morgan fingerprint density at radius 1 is 1.38 bits per heavy atom. The van der Waals surface area contributed by atoms with Crippen molar-refractivity contribution in [2.24, 2.45) is 11.7 Å². The third kappa shape index (κ3) is 3.44. The summed E-state index contributed by atoms with van der Waals surface area (Å²) in [7, 11) is -1.40. The van der Waals surface area contributed by atoms with Crippen LogP contribution in [0.2, 0.25) is 0 Å². The first-order valence-electron chi connectivity index (χ1n) is 8.01. The van der Waals surface area contributed by atoms with Crippen LogP contribution in [0, 0.1) is 5.92 Å². The molecule has 0 aromatic carbocycles. The Kier molecular flexibility index (Phi) is 5.34. The highest BCUT2D eigenvalue weighted by Crippen LogP contribution is 2.44. The molecule has 5 nitrogen and oxygen atoms in total. The zero-order valence-corrected chi connectivity index (χ0v) is 14.4. The Bertz CT molecular complexity index is 450. The number of methoxy groups -OCH3 is 1. The van der Waals surface area contributed by atoms with E-state index in [0.717, 1.165) is 25.8 Å². The molecule has 0 aromatic heterocycles. The minimum absolute atomic E-state index is 0.340. The summed E-state index contributed by atoms with van der Waals surface area (Å²) >= 11 is 0. The maximum absolute atomic E-state index is 12.3. The smallest absolute Gasteiger partial charge is 0.152 e. The van der Waals surface area contributed by atoms with Crippen LogP contribution in [0.3, 0.4) is 0 Å². The molecular weight excluding hydrogens is 288 g/mol. The molecule has 0 bridgehead atoms. The summed E-state index contributed by atoms with van der Waals surface area (Å²) in [6, 6.07) is 0.381. The van der Waals surface area contributed by atoms with E-state index in [-0.39, 0.29) is 5.25 Å². The van der Waals surface area contributed by atoms with Crippen molar-refractivity contribution in [3.63, 3.8) is 0 Å². The molecular formula is C15H30N2O3S. The Hall–Kier alpha value is -0.170. The molecule has 2 rings (SSSR count). The minimum Gasteiger partial charge on any atom is -0.383 e. The summed E-state index contributed by atoms with van der Waals surface area (Å²) in [4.78, 5) is 2.37. The van der Waals surface area contributed by atoms with Gasteiger partial charge in [-0.05, 0) is 38.5 Å². The molecule has 0 amide bonds. The third-order valence-corrected chi connectivity index (χ3v) is 7.16. The molecule has 3 unspecified atom stereocenters. The maximum atomic E-state index is 12.3. The Labute approximate surface area is 129 Å². The summed E-state index contributed by atoms with van der Waals surface area (Å²) in [6.07, 6.45) is 6.40. The standard InChI is InChI=1S/C15H30N2O3S/c1-12(13-6-7-13)17(9-10-20-2)15(11-16)8-4-5-14(15)21(3,18)19/h12-14H,4-11,16H2,1-3H3. The zero-order valence-electron chi connectivity index (χ0n) is 13.5. The van der Waals surface area contributed by atoms with Crippen LogP contribution in [0.25, 0.3) is 0 Å². The second kappa shape index (κ2) is 6.52. The molecule has 2 aliphatic carbocycles. The lowest BCUT2D eigenvalue weighted by Crippen LogP contribution is -2.64. The van der Waals surface area contributed by atoms with E-state index in [1.807, 2.05) is 0 Å². The molecule has 0 radical (unpaired) electrons. The fourth-order valence-electron chi connectivity index (χ4n) is 4.17. The molecule has 2 aliphatic rings. The van der Waals surface area contributed by atoms with Gasteiger partial charge in [-0.3, -0.25) is 4.90 Å². The fourth-order valence-corrected chi connectivity index (χ4v) is 5.91. The molecule has 0 spiro atoms. The van der Waals surface area contributed by atoms with E-state index in [1.54, 1.807) is 7.11 Å². The Morgan fingerprint density at radius 3 is 2.52 bits per heavy atom. The van der Waals surface area contributed by atoms with Crippen molar-refractivity contribution in [1.82, 2.24) is 4.90 Å². The van der Waals surface area contributed by atoms with Gasteiger partial charge in [0, 0.05) is 32.5 Å². The molecule has 2 N–H and O–H groups in total. The van der Waals surface area contributed by atoms with Crippen molar-refractivity contribution in [2.75, 3.05) is 33.1 Å². The summed E-state index contributed by atoms with van der Waals surface area (Å²) in [5.74, 6) is 0.686. The van der Waals surface area contributed by atoms with Gasteiger partial charge in [0.2, 0.25) is 0 Å². The van der Waals surface area contributed by atoms with Crippen LogP contribution >= 0.6 is 0 Å². The molecule has 0 aromatic rings. The second-order valence-corrected chi connectivity index (χ2v) is 9.01. The van der Waals surface area contributed by atoms with Gasteiger partial charge in [0.15, 0.2) is 9.84 Å². The summed E-state index contributed by atoms with van der Waals surface area (Å²) < 4.78 is 29.8. The van der Waals surface area contributed by atoms with Gasteiger partial charge >= 0.3 is 0 Å². The Balaban J connectivity index is 2.32. The van der Waals surface area contributed by atoms with Crippen molar-refractivity contribution in [3.05, 3.63) is 0 Å². The summed E-state index contributed by atoms with van der Waals surface area (Å²) in [5, 5.41) is -0.340. The van der Waals surface area contributed by atoms with Gasteiger partial charge in [-0.15, -0.1) is 0 Å². The quantitative estimate of drug-likeness (QED) is 0.723. The first-order valence-corrected chi connectivity index (χ1v) is 9.97. The van der Waals surface area contributed by atoms with Gasteiger partial charge in [0.1, 0.15) is 0 Å². The molecule has 21 heavy (non-hydrogen) atoms. The van der Waals surface area contributed by atoms with E-state index in [0.29, 0.717) is 25.1 Å². The van der Waals surface area contributed by atoms with Gasteiger partial charge in [-0.1, -0.05) is 6.42 Å². The lowest BCUT2D eigenvalue weighted by Gasteiger charge is -2.47. The van der Waals surface area contributed by atoms with Gasteiger partial charge < -0.3 is 10.5 Å². The average molecular weight is 318 g/mol. The summed E-state index contributed by atoms with van der Waals surface area (Å²) in [5.41, 5.74) is 5.73. The number of rotatable bonds is 8. The molecule has 0 saturated heterocycles. The minimum atomic E-state index is -3.09. The van der Waals surface area contributed by atoms with Crippen LogP contribution < -0.4 is 5.73 Å². The topological polar surface area (TPSA) is 72.6 Å². The van der Waals surface area contributed by atoms with Crippen LogP contribution in [-0.2, 0) is 14.6 Å². The lowest BCUT2D eigenvalue weighted by atomic mass is 9.91. The van der Waals surface area contributed by atoms with Crippen LogP contribution in [0.15, 0.2) is 0 Å². The van der Waals surface area contributed by atoms with E-state index < -0.39 is 15.4 Å². The van der Waals surface area contributed by atoms with Crippen molar-refractivity contribution >= 4 is 9.84 Å². The molecule has 0 heterocycles. The van der Waals surface area contributed by atoms with Gasteiger partial charge in [0.25, 0.3) is 0 Å². The molecule has 2 fully saturated rings. The van der Waals surface area contributed by atoms with Crippen molar-refractivity contribution < 1.29 is 13.2 Å². The van der Waals surface area contributed by atoms with Crippen LogP contribution in [0.1, 0.15) is 39.0 Å². The fraction of sp³-hybridized carbons (Fsp3) is 1.00. The zero-order chi connectivity index (χ0) is 15.7. The number of ether oxygens (including phenoxy) is 1. The van der Waals surface area contributed by atoms with Gasteiger partial charge in [-0.25, -0.2) is 8.42 Å². The lowest BCUT2D eigenvalue weighted by molar-refractivity contribution is 0.0261. The molecule has 6 heteroatoms. The second-order valence-electron chi connectivity index (χ2n) is 6.78. The van der Waals surface area contributed by atoms with Crippen LogP contribution in [0.5, 0.6) is 0 Å². The van der Waals surface area contributed by atoms with Gasteiger partial charge in [-0.2, -0.15) is 0 Å². The first-order chi connectivity index (χ1) is 9.86. The molecule has 124 valence electrons. The van der Waals surface area contributed by atoms with Crippen LogP contribution in [0.4, 0.5) is 0 Å². The van der Waals surface area contributed by atoms with Crippen molar-refractivity contribution in [1.29, 1.82) is 0 Å². The summed E-state index contributed by atoms with van der Waals surface area (Å²) in [6.45, 7) is 4.01. The largest absolute Gasteiger partial charge is 0.383 e. The van der Waals surface area contributed by atoms with E-state index in [9.17, 15) is 8.42 Å². The predicted molar refractivity (Wildman–Crippen MR) is 85.0 cm³/mol. The highest BCUT2D eigenvalue weighted by Gasteiger charge is 2.53. The maximum Gasteiger partial charge on any atom is 0.152 e. The van der Waals surface area contributed by atoms with E-state index in [1.165, 1.54) is 19.1 Å². The van der Waals surface area contributed by atoms with Gasteiger partial charge in [0.05, 0.1) is 17.4 Å². The monoisotopic (exact) mass is 318 g/mol. The predicted octanol–water partition coefficient (Wildman–Crippen LogP) is 1.03. The molecule has 3 atom stereocenters. The number of hydrogen-bond acceptors (Lipinski definition) is 5. The van der Waals surface area contributed by atoms with E-state index in [4.69, 9.17) is 10.5 Å². The van der Waals surface area contributed by atoms with Crippen molar-refractivity contribution in [3.8, 4) is 0 Å². The van der Waals surface area contributed by atoms with E-state index in [2.05, 4.69) is 11.8 Å². The third-order valence-electron chi connectivity index (χ3n) is 5.45. The first kappa shape index (κ1) is 17.2.